The van der Waals surface area contributed by atoms with Crippen molar-refractivity contribution < 1.29 is 22.4 Å². The average Bonchev–Trinajstić information content (AvgIpc) is 4.03. The van der Waals surface area contributed by atoms with Crippen LogP contribution in [0.15, 0.2) is 47.6 Å². The molecule has 0 aromatic carbocycles. The summed E-state index contributed by atoms with van der Waals surface area (Å²) >= 11 is 0. The molecule has 52 heavy (non-hydrogen) atoms. The molecule has 3 aromatic rings. The van der Waals surface area contributed by atoms with Gasteiger partial charge in [-0.2, -0.15) is 8.42 Å². The molecule has 8 rings (SSSR count). The van der Waals surface area contributed by atoms with Crippen LogP contribution in [0.2, 0.25) is 18.1 Å². The van der Waals surface area contributed by atoms with E-state index in [4.69, 9.17) is 19.2 Å². The Morgan fingerprint density at radius 3 is 2.46 bits per heavy atom. The molecule has 14 heteroatoms. The van der Waals surface area contributed by atoms with Gasteiger partial charge in [-0.3, -0.25) is 4.79 Å². The number of fused-ring (bicyclic) bond motifs is 7. The van der Waals surface area contributed by atoms with Crippen molar-refractivity contribution in [2.75, 3.05) is 29.9 Å². The molecule has 5 aliphatic rings. The number of carbonyl (C=O) groups excluding carboxylic acids is 1. The molecule has 1 amide bonds. The number of pyridine rings is 2. The Morgan fingerprint density at radius 1 is 1.04 bits per heavy atom. The minimum Gasteiger partial charge on any atom is -0.474 e. The van der Waals surface area contributed by atoms with Crippen LogP contribution in [0.1, 0.15) is 89.9 Å². The first-order valence-electron chi connectivity index (χ1n) is 18.9. The number of rotatable bonds is 7. The summed E-state index contributed by atoms with van der Waals surface area (Å²) in [5, 5.41) is 7.89. The van der Waals surface area contributed by atoms with E-state index >= 15 is 0 Å². The van der Waals surface area contributed by atoms with Crippen LogP contribution in [0.5, 0.6) is 5.88 Å². The molecule has 2 spiro atoms. The van der Waals surface area contributed by atoms with Crippen LogP contribution in [0.25, 0.3) is 5.82 Å². The highest BCUT2D eigenvalue weighted by atomic mass is 32.2. The smallest absolute Gasteiger partial charge is 0.281 e. The van der Waals surface area contributed by atoms with Gasteiger partial charge in [-0.25, -0.2) is 19.4 Å². The third kappa shape index (κ3) is 6.11. The Balaban J connectivity index is 1.07. The van der Waals surface area contributed by atoms with Gasteiger partial charge in [0.25, 0.3) is 15.9 Å². The summed E-state index contributed by atoms with van der Waals surface area (Å²) in [5.74, 6) is 2.04. The van der Waals surface area contributed by atoms with Crippen molar-refractivity contribution >= 4 is 35.9 Å². The number of anilines is 2. The topological polar surface area (TPSA) is 141 Å². The Bertz CT molecular complexity index is 1980. The maximum Gasteiger partial charge on any atom is 0.281 e. The molecule has 2 aliphatic heterocycles. The zero-order valence-electron chi connectivity index (χ0n) is 31.5. The molecule has 4 bridgehead atoms. The zero-order valence-corrected chi connectivity index (χ0v) is 33.3. The number of sulfonamides is 1. The maximum absolute atomic E-state index is 13.8. The highest BCUT2D eigenvalue weighted by Gasteiger charge is 2.88. The van der Waals surface area contributed by atoms with Crippen LogP contribution in [-0.4, -0.2) is 73.7 Å². The molecule has 1 saturated heterocycles. The Labute approximate surface area is 308 Å². The van der Waals surface area contributed by atoms with Crippen LogP contribution in [0.3, 0.4) is 0 Å². The van der Waals surface area contributed by atoms with E-state index in [9.17, 15) is 13.2 Å². The fourth-order valence-corrected chi connectivity index (χ4v) is 11.5. The zero-order chi connectivity index (χ0) is 36.9. The number of aromatic nitrogens is 4. The van der Waals surface area contributed by atoms with E-state index in [1.807, 2.05) is 12.3 Å². The number of nitrogens with one attached hydrogen (secondary N) is 2. The van der Waals surface area contributed by atoms with Crippen molar-refractivity contribution in [3.8, 4) is 11.7 Å². The summed E-state index contributed by atoms with van der Waals surface area (Å²) in [7, 11) is -6.29. The Hall–Kier alpha value is -3.49. The van der Waals surface area contributed by atoms with Crippen LogP contribution in [0, 0.1) is 22.7 Å². The van der Waals surface area contributed by atoms with Gasteiger partial charge in [-0.05, 0) is 124 Å². The first-order chi connectivity index (χ1) is 24.4. The molecule has 5 heterocycles. The normalized spacial score (nSPS) is 24.6. The molecule has 12 nitrogen and oxygen atoms in total. The summed E-state index contributed by atoms with van der Waals surface area (Å²) in [6.45, 7) is 17.6. The first-order valence-corrected chi connectivity index (χ1v) is 23.3. The van der Waals surface area contributed by atoms with Crippen molar-refractivity contribution in [3.05, 3.63) is 48.2 Å². The molecule has 3 aromatic heterocycles. The van der Waals surface area contributed by atoms with E-state index < -0.39 is 24.2 Å². The molecule has 1 unspecified atom stereocenters. The summed E-state index contributed by atoms with van der Waals surface area (Å²) in [6.07, 6.45) is 9.88. The highest BCUT2D eigenvalue weighted by molar-refractivity contribution is 7.90. The van der Waals surface area contributed by atoms with Crippen molar-refractivity contribution in [2.45, 2.75) is 114 Å². The minimum atomic E-state index is -4.25. The number of nitrogens with zero attached hydrogens (tertiary/aromatic N) is 5. The van der Waals surface area contributed by atoms with Crippen LogP contribution < -0.4 is 19.7 Å². The molecule has 280 valence electrons. The van der Waals surface area contributed by atoms with E-state index in [1.54, 1.807) is 28.9 Å². The second kappa shape index (κ2) is 12.0. The second-order valence-corrected chi connectivity index (χ2v) is 24.4. The molecule has 2 atom stereocenters. The molecule has 3 saturated carbocycles. The second-order valence-electron chi connectivity index (χ2n) is 18.0. The lowest BCUT2D eigenvalue weighted by Gasteiger charge is -2.39. The lowest BCUT2D eigenvalue weighted by Crippen LogP contribution is -2.46. The number of carbonyl (C=O) groups is 1. The summed E-state index contributed by atoms with van der Waals surface area (Å²) < 4.78 is 44.2. The van der Waals surface area contributed by atoms with E-state index in [-0.39, 0.29) is 27.3 Å². The predicted octanol–water partition coefficient (Wildman–Crippen LogP) is 6.55. The van der Waals surface area contributed by atoms with Gasteiger partial charge in [-0.1, -0.05) is 26.8 Å². The van der Waals surface area contributed by atoms with Crippen LogP contribution in [0.4, 0.5) is 11.6 Å². The van der Waals surface area contributed by atoms with Crippen molar-refractivity contribution in [1.29, 1.82) is 0 Å². The average molecular weight is 748 g/mol. The molecular formula is C38H53N7O5SSi. The van der Waals surface area contributed by atoms with E-state index in [2.05, 4.69) is 67.6 Å². The Kier molecular flexibility index (Phi) is 8.20. The van der Waals surface area contributed by atoms with Gasteiger partial charge < -0.3 is 19.4 Å². The fraction of sp³-hybridized carbons (Fsp3) is 0.632. The van der Waals surface area contributed by atoms with Gasteiger partial charge in [0.15, 0.2) is 19.2 Å². The van der Waals surface area contributed by atoms with Crippen molar-refractivity contribution in [1.82, 2.24) is 24.5 Å². The summed E-state index contributed by atoms with van der Waals surface area (Å²) in [6, 6.07) is 9.91. The predicted molar refractivity (Wildman–Crippen MR) is 202 cm³/mol. The maximum atomic E-state index is 13.8. The summed E-state index contributed by atoms with van der Waals surface area (Å²) in [5.41, 5.74) is 0.810. The quantitative estimate of drug-likeness (QED) is 0.256. The van der Waals surface area contributed by atoms with E-state index in [0.717, 1.165) is 19.3 Å². The molecule has 3 aliphatic carbocycles. The number of hydrogen-bond acceptors (Lipinski definition) is 10. The lowest BCUT2D eigenvalue weighted by molar-refractivity contribution is 0.0850. The van der Waals surface area contributed by atoms with E-state index in [0.29, 0.717) is 65.7 Å². The van der Waals surface area contributed by atoms with Gasteiger partial charge in [0.05, 0.1) is 11.7 Å². The van der Waals surface area contributed by atoms with Gasteiger partial charge in [0.1, 0.15) is 18.2 Å². The number of amides is 1. The third-order valence-electron chi connectivity index (χ3n) is 13.1. The lowest BCUT2D eigenvalue weighted by atomic mass is 9.93. The third-order valence-corrected chi connectivity index (χ3v) is 18.9. The molecule has 4 fully saturated rings. The van der Waals surface area contributed by atoms with Crippen molar-refractivity contribution in [3.63, 3.8) is 0 Å². The monoisotopic (exact) mass is 747 g/mol. The Morgan fingerprint density at radius 2 is 1.77 bits per heavy atom. The molecule has 2 N–H and O–H groups in total. The number of ether oxygens (including phenoxy) is 1. The van der Waals surface area contributed by atoms with Gasteiger partial charge in [-0.15, -0.1) is 5.10 Å². The first kappa shape index (κ1) is 35.5. The van der Waals surface area contributed by atoms with Gasteiger partial charge >= 0.3 is 0 Å². The van der Waals surface area contributed by atoms with Gasteiger partial charge in [0.2, 0.25) is 5.88 Å². The SMILES string of the molecule is CC1(C)C[C@@H]2CCCNc3cccc(n3)S(=O)(=O)NC(=O)c3ccc(-n4ccc(OCC(O[Si](C)(C)C(C)(C)C)C5C6(CC6)C56CC6)n4)nc3N1C2. The van der Waals surface area contributed by atoms with Gasteiger partial charge in [0, 0.05) is 30.9 Å². The van der Waals surface area contributed by atoms with E-state index in [1.165, 1.54) is 31.7 Å². The number of hydrogen-bond donors (Lipinski definition) is 2. The molecule has 0 radical (unpaired) electrons. The largest absolute Gasteiger partial charge is 0.474 e. The summed E-state index contributed by atoms with van der Waals surface area (Å²) in [4.78, 5) is 25.2. The fourth-order valence-electron chi connectivity index (χ4n) is 9.21. The van der Waals surface area contributed by atoms with Crippen LogP contribution >= 0.6 is 0 Å². The minimum absolute atomic E-state index is 0.0401. The molecular weight excluding hydrogens is 695 g/mol. The van der Waals surface area contributed by atoms with Crippen LogP contribution in [-0.2, 0) is 14.4 Å². The highest BCUT2D eigenvalue weighted by Crippen LogP contribution is 2.93. The standard InChI is InChI=1S/C38H53N7O5SSi/c1-35(2,3)52(6,7)50-27(32-37(16-17-37)38(32)18-19-38)24-49-30-15-21-45(42-30)29-14-13-26-33(41-29)44-23-25(22-36(44,4)5)10-9-20-39-28-11-8-12-31(40-28)51(47,48)43-34(26)46/h8,11-15,21,25,27,32H,9-10,16-20,22-24H2,1-7H3,(H,39,40)(H,43,46)/t25-,27?/m0/s1. The van der Waals surface area contributed by atoms with Crippen molar-refractivity contribution in [2.24, 2.45) is 22.7 Å².